The minimum absolute atomic E-state index is 0.0259. The molecule has 3 aromatic carbocycles. The predicted octanol–water partition coefficient (Wildman–Crippen LogP) is 6.00. The van der Waals surface area contributed by atoms with Gasteiger partial charge in [-0.1, -0.05) is 67.4 Å². The molecule has 0 radical (unpaired) electrons. The highest BCUT2D eigenvalue weighted by Crippen LogP contribution is 2.27. The van der Waals surface area contributed by atoms with Crippen molar-refractivity contribution < 1.29 is 18.0 Å². The number of halogens is 2. The van der Waals surface area contributed by atoms with Gasteiger partial charge in [0.1, 0.15) is 12.6 Å². The second-order valence-corrected chi connectivity index (χ2v) is 12.9. The van der Waals surface area contributed by atoms with Gasteiger partial charge in [-0.25, -0.2) is 8.42 Å². The summed E-state index contributed by atoms with van der Waals surface area (Å²) in [5.74, 6) is -0.672. The van der Waals surface area contributed by atoms with Gasteiger partial charge in [-0.2, -0.15) is 0 Å². The Hall–Kier alpha value is -3.07. The van der Waals surface area contributed by atoms with E-state index in [9.17, 15) is 18.0 Å². The molecule has 40 heavy (non-hydrogen) atoms. The molecule has 1 atom stereocenters. The Morgan fingerprint density at radius 3 is 2.08 bits per heavy atom. The van der Waals surface area contributed by atoms with Crippen molar-refractivity contribution in [3.05, 3.63) is 93.5 Å². The van der Waals surface area contributed by atoms with Crippen molar-refractivity contribution >= 4 is 50.7 Å². The van der Waals surface area contributed by atoms with Crippen LogP contribution in [-0.4, -0.2) is 44.3 Å². The molecular formula is C30H35Cl2N3O4S. The van der Waals surface area contributed by atoms with Crippen LogP contribution < -0.4 is 9.62 Å². The summed E-state index contributed by atoms with van der Waals surface area (Å²) in [5.41, 5.74) is 2.71. The molecule has 0 heterocycles. The molecule has 0 unspecified atom stereocenters. The summed E-state index contributed by atoms with van der Waals surface area (Å²) >= 11 is 12.3. The Morgan fingerprint density at radius 2 is 1.50 bits per heavy atom. The number of hydrogen-bond donors (Lipinski definition) is 1. The monoisotopic (exact) mass is 603 g/mol. The average Bonchev–Trinajstić information content (AvgIpc) is 2.90. The maximum Gasteiger partial charge on any atom is 0.264 e. The van der Waals surface area contributed by atoms with E-state index in [0.717, 1.165) is 15.4 Å². The fraction of sp³-hybridized carbons (Fsp3) is 0.333. The molecule has 0 fully saturated rings. The number of rotatable bonds is 11. The molecule has 1 N–H and O–H groups in total. The fourth-order valence-corrected chi connectivity index (χ4v) is 5.95. The minimum atomic E-state index is -4.12. The smallest absolute Gasteiger partial charge is 0.264 e. The Labute approximate surface area is 247 Å². The lowest BCUT2D eigenvalue weighted by atomic mass is 10.1. The summed E-state index contributed by atoms with van der Waals surface area (Å²) in [7, 11) is -4.12. The van der Waals surface area contributed by atoms with Crippen molar-refractivity contribution in [3.8, 4) is 0 Å². The third kappa shape index (κ3) is 7.99. The van der Waals surface area contributed by atoms with Crippen LogP contribution >= 0.6 is 23.2 Å². The Bertz CT molecular complexity index is 1440. The first kappa shape index (κ1) is 31.5. The van der Waals surface area contributed by atoms with E-state index in [4.69, 9.17) is 23.2 Å². The van der Waals surface area contributed by atoms with Crippen LogP contribution in [0.4, 0.5) is 5.69 Å². The van der Waals surface area contributed by atoms with Crippen LogP contribution in [0.5, 0.6) is 0 Å². The number of nitrogens with one attached hydrogen (secondary N) is 1. The molecule has 0 saturated carbocycles. The zero-order valence-corrected chi connectivity index (χ0v) is 25.6. The van der Waals surface area contributed by atoms with Crippen LogP contribution in [0.3, 0.4) is 0 Å². The van der Waals surface area contributed by atoms with Gasteiger partial charge < -0.3 is 10.2 Å². The summed E-state index contributed by atoms with van der Waals surface area (Å²) in [6, 6.07) is 17.4. The molecule has 0 aliphatic carbocycles. The third-order valence-corrected chi connectivity index (χ3v) is 8.82. The molecule has 3 rings (SSSR count). The Kier molecular flexibility index (Phi) is 10.6. The normalized spacial score (nSPS) is 12.2. The van der Waals surface area contributed by atoms with E-state index in [-0.39, 0.29) is 23.3 Å². The summed E-state index contributed by atoms with van der Waals surface area (Å²) in [5, 5.41) is 3.54. The van der Waals surface area contributed by atoms with Crippen LogP contribution in [0, 0.1) is 19.8 Å². The quantitative estimate of drug-likeness (QED) is 0.291. The standard InChI is InChI=1S/C30H35Cl2N3O4S/c1-20(2)17-33-30(37)23(5)34(18-24-11-12-27(31)28(32)16-24)29(36)19-35(25-14-21(3)13-22(4)15-25)40(38,39)26-9-7-6-8-10-26/h6-16,20,23H,17-19H2,1-5H3,(H,33,37)/t23-/m0/s1. The van der Waals surface area contributed by atoms with Gasteiger partial charge in [0.25, 0.3) is 10.0 Å². The van der Waals surface area contributed by atoms with Crippen molar-refractivity contribution in [1.29, 1.82) is 0 Å². The largest absolute Gasteiger partial charge is 0.354 e. The first-order valence-electron chi connectivity index (χ1n) is 13.0. The molecule has 0 aliphatic rings. The number of aryl methyl sites for hydroxylation is 2. The van der Waals surface area contributed by atoms with E-state index < -0.39 is 28.5 Å². The van der Waals surface area contributed by atoms with Gasteiger partial charge in [0.05, 0.1) is 20.6 Å². The third-order valence-electron chi connectivity index (χ3n) is 6.29. The van der Waals surface area contributed by atoms with Gasteiger partial charge in [0.15, 0.2) is 0 Å². The van der Waals surface area contributed by atoms with Crippen LogP contribution in [0.1, 0.15) is 37.5 Å². The van der Waals surface area contributed by atoms with E-state index in [2.05, 4.69) is 5.32 Å². The SMILES string of the molecule is Cc1cc(C)cc(N(CC(=O)N(Cc2ccc(Cl)c(Cl)c2)[C@@H](C)C(=O)NCC(C)C)S(=O)(=O)c2ccccc2)c1. The highest BCUT2D eigenvalue weighted by molar-refractivity contribution is 7.92. The van der Waals surface area contributed by atoms with Crippen LogP contribution in [-0.2, 0) is 26.2 Å². The van der Waals surface area contributed by atoms with Crippen molar-refractivity contribution in [3.63, 3.8) is 0 Å². The van der Waals surface area contributed by atoms with Crippen LogP contribution in [0.25, 0.3) is 0 Å². The maximum atomic E-state index is 14.0. The molecule has 0 bridgehead atoms. The summed E-state index contributed by atoms with van der Waals surface area (Å²) in [6.07, 6.45) is 0. The summed E-state index contributed by atoms with van der Waals surface area (Å²) in [4.78, 5) is 28.5. The first-order chi connectivity index (χ1) is 18.8. The number of amides is 2. The minimum Gasteiger partial charge on any atom is -0.354 e. The van der Waals surface area contributed by atoms with Crippen LogP contribution in [0.2, 0.25) is 10.0 Å². The number of sulfonamides is 1. The van der Waals surface area contributed by atoms with E-state index in [1.54, 1.807) is 55.5 Å². The fourth-order valence-electron chi connectivity index (χ4n) is 4.21. The highest BCUT2D eigenvalue weighted by Gasteiger charge is 2.32. The van der Waals surface area contributed by atoms with Crippen molar-refractivity contribution in [2.45, 2.75) is 52.1 Å². The topological polar surface area (TPSA) is 86.8 Å². The van der Waals surface area contributed by atoms with Gasteiger partial charge in [-0.15, -0.1) is 0 Å². The lowest BCUT2D eigenvalue weighted by molar-refractivity contribution is -0.139. The maximum absolute atomic E-state index is 14.0. The van der Waals surface area contributed by atoms with Gasteiger partial charge >= 0.3 is 0 Å². The first-order valence-corrected chi connectivity index (χ1v) is 15.2. The molecule has 0 aliphatic heterocycles. The van der Waals surface area contributed by atoms with Gasteiger partial charge in [0.2, 0.25) is 11.8 Å². The zero-order chi connectivity index (χ0) is 29.6. The van der Waals surface area contributed by atoms with Crippen molar-refractivity contribution in [2.75, 3.05) is 17.4 Å². The molecule has 2 amide bonds. The molecule has 0 saturated heterocycles. The number of benzene rings is 3. The second-order valence-electron chi connectivity index (χ2n) is 10.3. The predicted molar refractivity (Wildman–Crippen MR) is 161 cm³/mol. The van der Waals surface area contributed by atoms with Gasteiger partial charge in [-0.3, -0.25) is 13.9 Å². The summed E-state index contributed by atoms with van der Waals surface area (Å²) in [6.45, 7) is 9.25. The Morgan fingerprint density at radius 1 is 0.875 bits per heavy atom. The highest BCUT2D eigenvalue weighted by atomic mass is 35.5. The summed E-state index contributed by atoms with van der Waals surface area (Å²) < 4.78 is 28.9. The molecular weight excluding hydrogens is 569 g/mol. The molecule has 214 valence electrons. The average molecular weight is 605 g/mol. The van der Waals surface area contributed by atoms with E-state index >= 15 is 0 Å². The van der Waals surface area contributed by atoms with Crippen molar-refractivity contribution in [2.24, 2.45) is 5.92 Å². The number of anilines is 1. The van der Waals surface area contributed by atoms with E-state index in [1.165, 1.54) is 17.0 Å². The lowest BCUT2D eigenvalue weighted by Crippen LogP contribution is -2.51. The molecule has 7 nitrogen and oxygen atoms in total. The molecule has 0 aromatic heterocycles. The van der Waals surface area contributed by atoms with E-state index in [1.807, 2.05) is 33.8 Å². The number of nitrogens with zero attached hydrogens (tertiary/aromatic N) is 2. The zero-order valence-electron chi connectivity index (χ0n) is 23.3. The van der Waals surface area contributed by atoms with Crippen LogP contribution in [0.15, 0.2) is 71.6 Å². The number of carbonyl (C=O) groups excluding carboxylic acids is 2. The van der Waals surface area contributed by atoms with Crippen molar-refractivity contribution in [1.82, 2.24) is 10.2 Å². The van der Waals surface area contributed by atoms with E-state index in [0.29, 0.717) is 27.8 Å². The molecule has 3 aromatic rings. The van der Waals surface area contributed by atoms with Gasteiger partial charge in [0, 0.05) is 13.1 Å². The molecule has 0 spiro atoms. The Balaban J connectivity index is 2.05. The lowest BCUT2D eigenvalue weighted by Gasteiger charge is -2.32. The number of carbonyl (C=O) groups is 2. The molecule has 10 heteroatoms. The second kappa shape index (κ2) is 13.5. The van der Waals surface area contributed by atoms with Gasteiger partial charge in [-0.05, 0) is 79.8 Å². The number of hydrogen-bond acceptors (Lipinski definition) is 4.